The Morgan fingerprint density at radius 2 is 2.11 bits per heavy atom. The molecule has 0 spiro atoms. The van der Waals surface area contributed by atoms with Crippen LogP contribution < -0.4 is 5.32 Å². The Labute approximate surface area is 111 Å². The topological polar surface area (TPSA) is 143 Å². The fraction of sp³-hybridized carbons (Fsp3) is 0.222. The van der Waals surface area contributed by atoms with Gasteiger partial charge in [0.2, 0.25) is 5.82 Å². The van der Waals surface area contributed by atoms with Crippen LogP contribution in [0.5, 0.6) is 0 Å². The van der Waals surface area contributed by atoms with Crippen LogP contribution in [0.4, 0.5) is 11.5 Å². The van der Waals surface area contributed by atoms with Crippen LogP contribution in [0.25, 0.3) is 0 Å². The molecule has 0 aliphatic rings. The summed E-state index contributed by atoms with van der Waals surface area (Å²) >= 11 is 5.55. The molecule has 0 bridgehead atoms. The molecule has 1 atom stereocenters. The first-order chi connectivity index (χ1) is 8.81. The number of nitrogens with one attached hydrogen (secondary N) is 1. The minimum absolute atomic E-state index is 0.0902. The van der Waals surface area contributed by atoms with Crippen molar-refractivity contribution in [2.75, 3.05) is 5.32 Å². The predicted molar refractivity (Wildman–Crippen MR) is 63.2 cm³/mol. The first-order valence-electron chi connectivity index (χ1n) is 4.83. The Balaban J connectivity index is 3.07. The second kappa shape index (κ2) is 5.96. The lowest BCUT2D eigenvalue weighted by Crippen LogP contribution is -2.32. The van der Waals surface area contributed by atoms with Crippen molar-refractivity contribution in [1.82, 2.24) is 4.98 Å². The van der Waals surface area contributed by atoms with Gasteiger partial charge >= 0.3 is 17.6 Å². The molecule has 0 saturated heterocycles. The number of carboxylic acid groups (broad SMARTS) is 2. The molecular formula is C9H8ClN3O6. The third kappa shape index (κ3) is 4.07. The number of aromatic nitrogens is 1. The summed E-state index contributed by atoms with van der Waals surface area (Å²) in [7, 11) is 0. The predicted octanol–water partition coefficient (Wildman–Crippen LogP) is 0.983. The highest BCUT2D eigenvalue weighted by Gasteiger charge is 2.25. The zero-order chi connectivity index (χ0) is 14.6. The van der Waals surface area contributed by atoms with Crippen molar-refractivity contribution >= 4 is 35.0 Å². The highest BCUT2D eigenvalue weighted by Crippen LogP contribution is 2.24. The van der Waals surface area contributed by atoms with Gasteiger partial charge in [0.15, 0.2) is 0 Å². The second-order valence-corrected chi connectivity index (χ2v) is 3.78. The van der Waals surface area contributed by atoms with Gasteiger partial charge < -0.3 is 15.5 Å². The third-order valence-electron chi connectivity index (χ3n) is 2.02. The van der Waals surface area contributed by atoms with Crippen LogP contribution >= 0.6 is 11.6 Å². The minimum atomic E-state index is -1.55. The molecule has 1 aromatic heterocycles. The largest absolute Gasteiger partial charge is 0.481 e. The van der Waals surface area contributed by atoms with Gasteiger partial charge in [0.25, 0.3) is 0 Å². The number of nitrogens with zero attached hydrogens (tertiary/aromatic N) is 2. The standard InChI is InChI=1S/C9H8ClN3O6/c10-6-2-1-5(13(18)19)8(12-6)11-4(9(16)17)3-7(14)15/h1-2,4H,3H2,(H,11,12)(H,14,15)(H,16,17)/t4-/m1/s1. The van der Waals surface area contributed by atoms with Crippen LogP contribution in [-0.4, -0.2) is 38.1 Å². The maximum Gasteiger partial charge on any atom is 0.326 e. The van der Waals surface area contributed by atoms with Gasteiger partial charge in [0, 0.05) is 6.07 Å². The highest BCUT2D eigenvalue weighted by atomic mass is 35.5. The molecule has 0 amide bonds. The molecule has 0 unspecified atom stereocenters. The lowest BCUT2D eigenvalue weighted by molar-refractivity contribution is -0.384. The van der Waals surface area contributed by atoms with Crippen LogP contribution in [0.15, 0.2) is 12.1 Å². The van der Waals surface area contributed by atoms with E-state index in [0.29, 0.717) is 0 Å². The number of pyridine rings is 1. The van der Waals surface area contributed by atoms with E-state index in [4.69, 9.17) is 21.8 Å². The molecule has 0 aliphatic heterocycles. The van der Waals surface area contributed by atoms with Gasteiger partial charge in [-0.05, 0) is 6.07 Å². The number of carboxylic acids is 2. The summed E-state index contributed by atoms with van der Waals surface area (Å²) in [6.07, 6.45) is -0.763. The molecule has 10 heteroatoms. The minimum Gasteiger partial charge on any atom is -0.481 e. The molecule has 0 fully saturated rings. The molecule has 102 valence electrons. The molecular weight excluding hydrogens is 282 g/mol. The molecule has 0 aromatic carbocycles. The van der Waals surface area contributed by atoms with Crippen molar-refractivity contribution in [3.05, 3.63) is 27.4 Å². The molecule has 0 aliphatic carbocycles. The molecule has 1 rings (SSSR count). The first kappa shape index (κ1) is 14.6. The van der Waals surface area contributed by atoms with Crippen LogP contribution in [0.1, 0.15) is 6.42 Å². The van der Waals surface area contributed by atoms with Gasteiger partial charge in [0.05, 0.1) is 11.3 Å². The average Bonchev–Trinajstić information content (AvgIpc) is 2.26. The number of nitro groups is 1. The molecule has 19 heavy (non-hydrogen) atoms. The third-order valence-corrected chi connectivity index (χ3v) is 2.23. The lowest BCUT2D eigenvalue weighted by Gasteiger charge is -2.12. The van der Waals surface area contributed by atoms with Crippen LogP contribution in [0, 0.1) is 10.1 Å². The van der Waals surface area contributed by atoms with E-state index in [-0.39, 0.29) is 5.15 Å². The number of carbonyl (C=O) groups is 2. The Bertz CT molecular complexity index is 535. The number of halogens is 1. The van der Waals surface area contributed by atoms with E-state index in [1.54, 1.807) is 0 Å². The zero-order valence-electron chi connectivity index (χ0n) is 9.24. The van der Waals surface area contributed by atoms with E-state index in [2.05, 4.69) is 10.3 Å². The second-order valence-electron chi connectivity index (χ2n) is 3.39. The molecule has 0 saturated carbocycles. The Kier molecular flexibility index (Phi) is 4.59. The summed E-state index contributed by atoms with van der Waals surface area (Å²) in [6.45, 7) is 0. The fourth-order valence-electron chi connectivity index (χ4n) is 1.22. The number of rotatable bonds is 6. The van der Waals surface area contributed by atoms with Crippen LogP contribution in [-0.2, 0) is 9.59 Å². The van der Waals surface area contributed by atoms with E-state index in [9.17, 15) is 19.7 Å². The summed E-state index contributed by atoms with van der Waals surface area (Å²) in [5.41, 5.74) is -0.499. The molecule has 3 N–H and O–H groups in total. The Morgan fingerprint density at radius 1 is 1.47 bits per heavy atom. The maximum atomic E-state index is 10.8. The fourth-order valence-corrected chi connectivity index (χ4v) is 1.37. The van der Waals surface area contributed by atoms with E-state index in [0.717, 1.165) is 12.1 Å². The molecule has 1 aromatic rings. The summed E-state index contributed by atoms with van der Waals surface area (Å²) in [6, 6.07) is 0.650. The van der Waals surface area contributed by atoms with Crippen molar-refractivity contribution in [1.29, 1.82) is 0 Å². The monoisotopic (exact) mass is 289 g/mol. The van der Waals surface area contributed by atoms with Crippen molar-refractivity contribution in [2.45, 2.75) is 12.5 Å². The normalized spacial score (nSPS) is 11.6. The number of hydrogen-bond donors (Lipinski definition) is 3. The number of aliphatic carboxylic acids is 2. The van der Waals surface area contributed by atoms with Crippen molar-refractivity contribution in [3.8, 4) is 0 Å². The average molecular weight is 290 g/mol. The van der Waals surface area contributed by atoms with Crippen molar-refractivity contribution < 1.29 is 24.7 Å². The van der Waals surface area contributed by atoms with E-state index >= 15 is 0 Å². The van der Waals surface area contributed by atoms with E-state index in [1.165, 1.54) is 0 Å². The summed E-state index contributed by atoms with van der Waals surface area (Å²) in [5, 5.41) is 30.2. The number of anilines is 1. The van der Waals surface area contributed by atoms with Gasteiger partial charge in [-0.25, -0.2) is 9.78 Å². The van der Waals surface area contributed by atoms with E-state index in [1.807, 2.05) is 0 Å². The highest BCUT2D eigenvalue weighted by molar-refractivity contribution is 6.29. The quantitative estimate of drug-likeness (QED) is 0.399. The zero-order valence-corrected chi connectivity index (χ0v) is 9.99. The van der Waals surface area contributed by atoms with Gasteiger partial charge in [-0.2, -0.15) is 0 Å². The van der Waals surface area contributed by atoms with Crippen LogP contribution in [0.2, 0.25) is 5.15 Å². The molecule has 9 nitrogen and oxygen atoms in total. The lowest BCUT2D eigenvalue weighted by atomic mass is 10.2. The first-order valence-corrected chi connectivity index (χ1v) is 5.21. The van der Waals surface area contributed by atoms with E-state index < -0.39 is 40.8 Å². The Hall–Kier alpha value is -2.42. The van der Waals surface area contributed by atoms with Gasteiger partial charge in [-0.15, -0.1) is 0 Å². The Morgan fingerprint density at radius 3 is 2.58 bits per heavy atom. The SMILES string of the molecule is O=C(O)C[C@@H](Nc1nc(Cl)ccc1[N+](=O)[O-])C(=O)O. The van der Waals surface area contributed by atoms with Gasteiger partial charge in [0.1, 0.15) is 11.2 Å². The van der Waals surface area contributed by atoms with Crippen LogP contribution in [0.3, 0.4) is 0 Å². The maximum absolute atomic E-state index is 10.8. The molecule has 1 heterocycles. The smallest absolute Gasteiger partial charge is 0.326 e. The van der Waals surface area contributed by atoms with Crippen molar-refractivity contribution in [2.24, 2.45) is 0 Å². The van der Waals surface area contributed by atoms with Crippen molar-refractivity contribution in [3.63, 3.8) is 0 Å². The summed E-state index contributed by atoms with van der Waals surface area (Å²) < 4.78 is 0. The number of hydrogen-bond acceptors (Lipinski definition) is 6. The summed E-state index contributed by atoms with van der Waals surface area (Å²) in [4.78, 5) is 34.9. The molecule has 0 radical (unpaired) electrons. The van der Waals surface area contributed by atoms with Gasteiger partial charge in [-0.1, -0.05) is 11.6 Å². The summed E-state index contributed by atoms with van der Waals surface area (Å²) in [5.74, 6) is -3.24. The van der Waals surface area contributed by atoms with Gasteiger partial charge in [-0.3, -0.25) is 14.9 Å².